The highest BCUT2D eigenvalue weighted by Crippen LogP contribution is 2.60. The highest BCUT2D eigenvalue weighted by atomic mass is 17.3. The summed E-state index contributed by atoms with van der Waals surface area (Å²) in [4.78, 5) is 11.9. The molecule has 5 fully saturated rings. The van der Waals surface area contributed by atoms with Gasteiger partial charge in [0.2, 0.25) is 5.79 Å². The van der Waals surface area contributed by atoms with Crippen LogP contribution in [0.2, 0.25) is 0 Å². The largest absolute Gasteiger partial charge is 0.352 e. The number of fused-ring (bicyclic) bond motifs is 2. The highest BCUT2D eigenvalue weighted by Gasteiger charge is 2.69. The Kier molecular flexibility index (Phi) is 4.01. The summed E-state index contributed by atoms with van der Waals surface area (Å²) < 4.78 is 18.6. The van der Waals surface area contributed by atoms with Crippen molar-refractivity contribution in [1.29, 1.82) is 0 Å². The molecule has 8 atom stereocenters. The van der Waals surface area contributed by atoms with E-state index in [2.05, 4.69) is 20.8 Å². The first-order valence-electron chi connectivity index (χ1n) is 9.32. The van der Waals surface area contributed by atoms with Gasteiger partial charge in [-0.25, -0.2) is 9.78 Å². The van der Waals surface area contributed by atoms with Crippen LogP contribution in [0.3, 0.4) is 0 Å². The molecule has 23 heavy (non-hydrogen) atoms. The maximum atomic E-state index is 6.31. The monoisotopic (exact) mass is 326 g/mol. The molecule has 0 aromatic rings. The Morgan fingerprint density at radius 3 is 2.70 bits per heavy atom. The van der Waals surface area contributed by atoms with Gasteiger partial charge in [-0.15, -0.1) is 0 Å². The minimum absolute atomic E-state index is 0.212. The molecule has 0 radical (unpaired) electrons. The van der Waals surface area contributed by atoms with E-state index in [4.69, 9.17) is 24.0 Å². The van der Waals surface area contributed by atoms with E-state index in [9.17, 15) is 0 Å². The molecular weight excluding hydrogens is 296 g/mol. The van der Waals surface area contributed by atoms with Gasteiger partial charge in [-0.3, -0.25) is 0 Å². The molecule has 0 N–H and O–H groups in total. The van der Waals surface area contributed by atoms with Gasteiger partial charge in [-0.1, -0.05) is 20.8 Å². The van der Waals surface area contributed by atoms with E-state index in [-0.39, 0.29) is 18.5 Å². The van der Waals surface area contributed by atoms with Crippen LogP contribution in [-0.2, 0) is 24.0 Å². The summed E-state index contributed by atoms with van der Waals surface area (Å²) in [5.41, 5.74) is -0.473. The molecule has 1 spiro atoms. The lowest BCUT2D eigenvalue weighted by Crippen LogP contribution is -2.70. The van der Waals surface area contributed by atoms with E-state index in [1.165, 1.54) is 6.42 Å². The Morgan fingerprint density at radius 2 is 1.91 bits per heavy atom. The third-order valence-electron chi connectivity index (χ3n) is 6.58. The van der Waals surface area contributed by atoms with Crippen molar-refractivity contribution in [1.82, 2.24) is 0 Å². The molecule has 0 aromatic heterocycles. The van der Waals surface area contributed by atoms with E-state index >= 15 is 0 Å². The average molecular weight is 326 g/mol. The lowest BCUT2D eigenvalue weighted by Gasteiger charge is -2.60. The van der Waals surface area contributed by atoms with Gasteiger partial charge in [0.25, 0.3) is 0 Å². The molecule has 132 valence electrons. The van der Waals surface area contributed by atoms with Crippen LogP contribution in [-0.4, -0.2) is 30.6 Å². The van der Waals surface area contributed by atoms with Gasteiger partial charge in [-0.2, -0.15) is 0 Å². The third-order valence-corrected chi connectivity index (χ3v) is 6.58. The van der Waals surface area contributed by atoms with Crippen molar-refractivity contribution in [2.45, 2.75) is 83.8 Å². The van der Waals surface area contributed by atoms with Gasteiger partial charge in [0.15, 0.2) is 18.2 Å². The molecule has 4 saturated heterocycles. The molecule has 5 rings (SSSR count). The van der Waals surface area contributed by atoms with Crippen LogP contribution in [0.5, 0.6) is 0 Å². The van der Waals surface area contributed by atoms with Crippen molar-refractivity contribution in [3.63, 3.8) is 0 Å². The van der Waals surface area contributed by atoms with Gasteiger partial charge in [-0.05, 0) is 44.4 Å². The Labute approximate surface area is 138 Å². The summed E-state index contributed by atoms with van der Waals surface area (Å²) in [6.07, 6.45) is 4.66. The minimum atomic E-state index is -0.701. The Balaban J connectivity index is 1.70. The van der Waals surface area contributed by atoms with E-state index in [1.54, 1.807) is 0 Å². The van der Waals surface area contributed by atoms with Crippen molar-refractivity contribution in [3.05, 3.63) is 0 Å². The van der Waals surface area contributed by atoms with Crippen LogP contribution < -0.4 is 0 Å². The summed E-state index contributed by atoms with van der Waals surface area (Å²) in [6.45, 7) is 9.36. The average Bonchev–Trinajstić information content (AvgIpc) is 2.76. The molecule has 5 aliphatic rings. The molecule has 4 aliphatic heterocycles. The molecule has 2 bridgehead atoms. The van der Waals surface area contributed by atoms with Crippen molar-refractivity contribution in [2.24, 2.45) is 23.7 Å². The van der Waals surface area contributed by atoms with Gasteiger partial charge < -0.3 is 14.2 Å². The van der Waals surface area contributed by atoms with Crippen LogP contribution >= 0.6 is 0 Å². The van der Waals surface area contributed by atoms with E-state index < -0.39 is 11.4 Å². The number of ether oxygens (including phenoxy) is 3. The fraction of sp³-hybridized carbons (Fsp3) is 1.00. The first kappa shape index (κ1) is 16.3. The summed E-state index contributed by atoms with van der Waals surface area (Å²) in [5, 5.41) is 0. The highest BCUT2D eigenvalue weighted by molar-refractivity contribution is 5.09. The lowest BCUT2D eigenvalue weighted by atomic mass is 9.58. The topological polar surface area (TPSA) is 46.2 Å². The van der Waals surface area contributed by atoms with Gasteiger partial charge >= 0.3 is 0 Å². The maximum Gasteiger partial charge on any atom is 0.201 e. The summed E-state index contributed by atoms with van der Waals surface area (Å²) in [7, 11) is 0. The van der Waals surface area contributed by atoms with Crippen LogP contribution in [0, 0.1) is 23.7 Å². The molecular formula is C18H30O5. The SMILES string of the molecule is CCCO[C@H]1O[C@@H]2OC3(C)CC[C@H]4[C@H](C)CC[C@@H]([C@H]1C)[C@@]24OO3. The molecule has 5 nitrogen and oxygen atoms in total. The zero-order chi connectivity index (χ0) is 16.2. The van der Waals surface area contributed by atoms with Crippen LogP contribution in [0.4, 0.5) is 0 Å². The lowest BCUT2D eigenvalue weighted by molar-refractivity contribution is -0.577. The van der Waals surface area contributed by atoms with Crippen molar-refractivity contribution in [3.8, 4) is 0 Å². The van der Waals surface area contributed by atoms with E-state index in [0.29, 0.717) is 17.8 Å². The number of hydrogen-bond donors (Lipinski definition) is 0. The Bertz CT molecular complexity index is 457. The number of hydrogen-bond acceptors (Lipinski definition) is 5. The second-order valence-electron chi connectivity index (χ2n) is 8.14. The van der Waals surface area contributed by atoms with Crippen molar-refractivity contribution in [2.75, 3.05) is 6.61 Å². The van der Waals surface area contributed by atoms with Crippen molar-refractivity contribution >= 4 is 0 Å². The smallest absolute Gasteiger partial charge is 0.201 e. The molecule has 5 heteroatoms. The predicted octanol–water partition coefficient (Wildman–Crippen LogP) is 3.62. The van der Waals surface area contributed by atoms with Crippen LogP contribution in [0.25, 0.3) is 0 Å². The molecule has 4 heterocycles. The zero-order valence-electron chi connectivity index (χ0n) is 14.7. The van der Waals surface area contributed by atoms with Gasteiger partial charge in [0.05, 0.1) is 0 Å². The van der Waals surface area contributed by atoms with Crippen molar-refractivity contribution < 1.29 is 24.0 Å². The third kappa shape index (κ3) is 2.31. The van der Waals surface area contributed by atoms with Gasteiger partial charge in [0.1, 0.15) is 0 Å². The van der Waals surface area contributed by atoms with Crippen LogP contribution in [0.1, 0.15) is 59.8 Å². The minimum Gasteiger partial charge on any atom is -0.352 e. The molecule has 0 amide bonds. The summed E-state index contributed by atoms with van der Waals surface area (Å²) >= 11 is 0. The standard InChI is InChI=1S/C18H30O5/c1-5-10-19-15-12(3)14-7-6-11(2)13-8-9-17(4)21-16(20-15)18(13,14)23-22-17/h11-16H,5-10H2,1-4H3/t11-,12-,13+,14+,15+,16-,17?,18-/m1/s1. The Morgan fingerprint density at radius 1 is 1.09 bits per heavy atom. The molecule has 1 unspecified atom stereocenters. The maximum absolute atomic E-state index is 6.31. The molecule has 1 aliphatic carbocycles. The van der Waals surface area contributed by atoms with E-state index in [0.717, 1.165) is 32.3 Å². The normalized spacial score (nSPS) is 55.3. The predicted molar refractivity (Wildman–Crippen MR) is 83.1 cm³/mol. The quantitative estimate of drug-likeness (QED) is 0.741. The van der Waals surface area contributed by atoms with Crippen LogP contribution in [0.15, 0.2) is 0 Å². The van der Waals surface area contributed by atoms with E-state index in [1.807, 2.05) is 6.92 Å². The second kappa shape index (κ2) is 5.67. The first-order valence-corrected chi connectivity index (χ1v) is 9.32. The van der Waals surface area contributed by atoms with Gasteiger partial charge in [0, 0.05) is 24.9 Å². The fourth-order valence-electron chi connectivity index (χ4n) is 5.30. The summed E-state index contributed by atoms with van der Waals surface area (Å²) in [6, 6.07) is 0. The zero-order valence-corrected chi connectivity index (χ0v) is 14.7. The number of rotatable bonds is 3. The first-order chi connectivity index (χ1) is 11.0. The molecule has 1 saturated carbocycles. The Hall–Kier alpha value is -0.200. The summed E-state index contributed by atoms with van der Waals surface area (Å²) in [5.74, 6) is 0.956. The fourth-order valence-corrected chi connectivity index (χ4v) is 5.30. The second-order valence-corrected chi connectivity index (χ2v) is 8.14. The molecule has 0 aromatic carbocycles.